The fourth-order valence-electron chi connectivity index (χ4n) is 6.20. The highest BCUT2D eigenvalue weighted by atomic mass is 16.6. The number of rotatable bonds is 38. The number of carbonyl (C=O) groups is 3. The quantitative estimate of drug-likeness (QED) is 0.0268. The first-order valence-electron chi connectivity index (χ1n) is 21.5. The topological polar surface area (TPSA) is 102 Å². The number of esters is 2. The van der Waals surface area contributed by atoms with Gasteiger partial charge in [0.15, 0.2) is 6.10 Å². The zero-order chi connectivity index (χ0) is 39.3. The van der Waals surface area contributed by atoms with Crippen LogP contribution in [0.15, 0.2) is 36.5 Å². The molecule has 0 radical (unpaired) electrons. The van der Waals surface area contributed by atoms with Crippen LogP contribution in [0.5, 0.6) is 0 Å². The van der Waals surface area contributed by atoms with Crippen molar-refractivity contribution in [2.75, 3.05) is 41.0 Å². The second kappa shape index (κ2) is 36.5. The third-order valence-electron chi connectivity index (χ3n) is 9.54. The average Bonchev–Trinajstić information content (AvgIpc) is 3.11. The third-order valence-corrected chi connectivity index (χ3v) is 9.54. The lowest BCUT2D eigenvalue weighted by Gasteiger charge is -2.34. The number of unbranched alkanes of at least 4 members (excludes halogenated alkanes) is 18. The molecule has 0 aromatic carbocycles. The number of carboxylic acids is 1. The molecule has 0 spiro atoms. The maximum absolute atomic E-state index is 12.7. The molecule has 0 aliphatic rings. The van der Waals surface area contributed by atoms with E-state index in [1.165, 1.54) is 83.5 Å². The van der Waals surface area contributed by atoms with Crippen molar-refractivity contribution in [3.63, 3.8) is 0 Å². The first kappa shape index (κ1) is 50.5. The number of carbonyl (C=O) groups excluding carboxylic acids is 3. The number of carboxylic acid groups (broad SMARTS) is 1. The van der Waals surface area contributed by atoms with Gasteiger partial charge in [0.1, 0.15) is 12.6 Å². The summed E-state index contributed by atoms with van der Waals surface area (Å²) in [6, 6.07) is -0.729. The molecule has 0 saturated heterocycles. The van der Waals surface area contributed by atoms with Gasteiger partial charge in [0, 0.05) is 19.3 Å². The molecule has 0 fully saturated rings. The van der Waals surface area contributed by atoms with Crippen molar-refractivity contribution in [2.24, 2.45) is 0 Å². The van der Waals surface area contributed by atoms with Gasteiger partial charge in [-0.15, -0.1) is 0 Å². The fraction of sp³-hybridized carbons (Fsp3) is 0.800. The summed E-state index contributed by atoms with van der Waals surface area (Å²) in [5.74, 6) is -1.77. The molecule has 8 nitrogen and oxygen atoms in total. The number of ether oxygens (including phenoxy) is 3. The summed E-state index contributed by atoms with van der Waals surface area (Å²) in [6.45, 7) is 4.52. The monoisotopic (exact) mass is 748 g/mol. The maximum Gasteiger partial charge on any atom is 0.306 e. The Morgan fingerprint density at radius 2 is 1.06 bits per heavy atom. The second-order valence-corrected chi connectivity index (χ2v) is 15.6. The fourth-order valence-corrected chi connectivity index (χ4v) is 6.20. The van der Waals surface area contributed by atoms with Gasteiger partial charge in [-0.25, -0.2) is 0 Å². The van der Waals surface area contributed by atoms with Crippen molar-refractivity contribution in [3.8, 4) is 0 Å². The normalized spacial score (nSPS) is 13.3. The highest BCUT2D eigenvalue weighted by molar-refractivity contribution is 5.70. The van der Waals surface area contributed by atoms with E-state index in [4.69, 9.17) is 14.2 Å². The van der Waals surface area contributed by atoms with Crippen LogP contribution in [0.1, 0.15) is 181 Å². The molecule has 0 bridgehead atoms. The first-order valence-corrected chi connectivity index (χ1v) is 21.5. The SMILES string of the molecule is CC/C=C\C/C=C\C/C=C\CCCCCC(=O)OC(COCCC(C(=O)[O-])[N+](C)(C)C)COC(=O)CCCCCCCCCCCCCCCCCC. The summed E-state index contributed by atoms with van der Waals surface area (Å²) in [4.78, 5) is 36.8. The molecule has 53 heavy (non-hydrogen) atoms. The molecule has 0 aromatic heterocycles. The molecule has 0 aliphatic heterocycles. The molecular weight excluding hydrogens is 666 g/mol. The van der Waals surface area contributed by atoms with Gasteiger partial charge in [0.2, 0.25) is 0 Å². The average molecular weight is 748 g/mol. The summed E-state index contributed by atoms with van der Waals surface area (Å²) in [6.07, 6.45) is 40.3. The summed E-state index contributed by atoms with van der Waals surface area (Å²) in [7, 11) is 5.39. The van der Waals surface area contributed by atoms with Crippen LogP contribution >= 0.6 is 0 Å². The van der Waals surface area contributed by atoms with Gasteiger partial charge in [0.25, 0.3) is 0 Å². The van der Waals surface area contributed by atoms with Gasteiger partial charge in [0.05, 0.1) is 40.3 Å². The number of nitrogens with zero attached hydrogens (tertiary/aromatic N) is 1. The van der Waals surface area contributed by atoms with Gasteiger partial charge >= 0.3 is 11.9 Å². The Balaban J connectivity index is 4.36. The maximum atomic E-state index is 12.7. The molecule has 0 N–H and O–H groups in total. The number of hydrogen-bond acceptors (Lipinski definition) is 7. The Kier molecular flexibility index (Phi) is 34.8. The van der Waals surface area contributed by atoms with E-state index in [-0.39, 0.29) is 49.1 Å². The molecule has 308 valence electrons. The number of aliphatic carboxylic acids is 1. The highest BCUT2D eigenvalue weighted by Crippen LogP contribution is 2.15. The lowest BCUT2D eigenvalue weighted by Crippen LogP contribution is -2.55. The molecule has 0 saturated carbocycles. The Bertz CT molecular complexity index is 968. The smallest absolute Gasteiger partial charge is 0.306 e. The molecule has 2 unspecified atom stereocenters. The first-order chi connectivity index (χ1) is 25.6. The van der Waals surface area contributed by atoms with E-state index in [1.54, 1.807) is 21.1 Å². The van der Waals surface area contributed by atoms with Crippen LogP contribution in [-0.4, -0.2) is 75.5 Å². The lowest BCUT2D eigenvalue weighted by molar-refractivity contribution is -0.889. The second-order valence-electron chi connectivity index (χ2n) is 15.6. The van der Waals surface area contributed by atoms with Gasteiger partial charge in [-0.3, -0.25) is 9.59 Å². The molecule has 0 heterocycles. The minimum Gasteiger partial charge on any atom is -0.544 e. The predicted octanol–water partition coefficient (Wildman–Crippen LogP) is 10.1. The third kappa shape index (κ3) is 35.0. The number of allylic oxidation sites excluding steroid dienone is 6. The van der Waals surface area contributed by atoms with Gasteiger partial charge in [-0.05, 0) is 44.9 Å². The van der Waals surface area contributed by atoms with Crippen molar-refractivity contribution in [3.05, 3.63) is 36.5 Å². The summed E-state index contributed by atoms with van der Waals surface area (Å²) in [5.41, 5.74) is 0. The Hall–Kier alpha value is -2.45. The molecular formula is C45H81NO7. The molecule has 0 amide bonds. The van der Waals surface area contributed by atoms with Crippen LogP contribution < -0.4 is 5.11 Å². The summed E-state index contributed by atoms with van der Waals surface area (Å²) in [5, 5.41) is 11.6. The van der Waals surface area contributed by atoms with Crippen molar-refractivity contribution < 1.29 is 38.2 Å². The van der Waals surface area contributed by atoms with Crippen LogP contribution in [-0.2, 0) is 28.6 Å². The number of quaternary nitrogens is 1. The standard InChI is InChI=1S/C45H81NO7/c1-6-8-10-12-14-16-18-20-21-22-24-25-27-29-31-33-35-43(47)52-40-41(39-51-38-37-42(45(49)50)46(3,4)5)53-44(48)36-34-32-30-28-26-23-19-17-15-13-11-9-7-2/h9,11,15,17,23,26,41-42H,6-8,10,12-14,16,18-22,24-25,27-40H2,1-5H3/b11-9-,17-15-,26-23-. The van der Waals surface area contributed by atoms with Crippen LogP contribution in [0.4, 0.5) is 0 Å². The minimum atomic E-state index is -1.13. The van der Waals surface area contributed by atoms with Gasteiger partial charge in [-0.2, -0.15) is 0 Å². The molecule has 0 rings (SSSR count). The van der Waals surface area contributed by atoms with E-state index in [0.717, 1.165) is 64.2 Å². The van der Waals surface area contributed by atoms with Gasteiger partial charge < -0.3 is 28.6 Å². The summed E-state index contributed by atoms with van der Waals surface area (Å²) >= 11 is 0. The van der Waals surface area contributed by atoms with E-state index in [9.17, 15) is 19.5 Å². The van der Waals surface area contributed by atoms with Crippen molar-refractivity contribution in [2.45, 2.75) is 193 Å². The predicted molar refractivity (Wildman–Crippen MR) is 217 cm³/mol. The zero-order valence-corrected chi connectivity index (χ0v) is 34.9. The Morgan fingerprint density at radius 1 is 0.585 bits per heavy atom. The largest absolute Gasteiger partial charge is 0.544 e. The Labute approximate surface area is 325 Å². The summed E-state index contributed by atoms with van der Waals surface area (Å²) < 4.78 is 17.1. The van der Waals surface area contributed by atoms with E-state index in [1.807, 2.05) is 0 Å². The van der Waals surface area contributed by atoms with Crippen LogP contribution in [0.25, 0.3) is 0 Å². The molecule has 2 atom stereocenters. The zero-order valence-electron chi connectivity index (χ0n) is 34.9. The van der Waals surface area contributed by atoms with Crippen molar-refractivity contribution in [1.82, 2.24) is 0 Å². The van der Waals surface area contributed by atoms with E-state index in [0.29, 0.717) is 6.42 Å². The van der Waals surface area contributed by atoms with Crippen LogP contribution in [0.3, 0.4) is 0 Å². The number of hydrogen-bond donors (Lipinski definition) is 0. The molecule has 0 aliphatic carbocycles. The molecule has 8 heteroatoms. The van der Waals surface area contributed by atoms with Crippen LogP contribution in [0.2, 0.25) is 0 Å². The number of likely N-dealkylation sites (N-methyl/N-ethyl adjacent to an activating group) is 1. The van der Waals surface area contributed by atoms with Crippen molar-refractivity contribution >= 4 is 17.9 Å². The van der Waals surface area contributed by atoms with Crippen molar-refractivity contribution in [1.29, 1.82) is 0 Å². The lowest BCUT2D eigenvalue weighted by atomic mass is 10.0. The minimum absolute atomic E-state index is 0.0309. The van der Waals surface area contributed by atoms with Gasteiger partial charge in [-0.1, -0.05) is 153 Å². The van der Waals surface area contributed by atoms with Crippen LogP contribution in [0, 0.1) is 0 Å². The Morgan fingerprint density at radius 3 is 1.57 bits per heavy atom. The van der Waals surface area contributed by atoms with E-state index < -0.39 is 18.1 Å². The van der Waals surface area contributed by atoms with E-state index >= 15 is 0 Å². The molecule has 0 aromatic rings. The highest BCUT2D eigenvalue weighted by Gasteiger charge is 2.25. The van der Waals surface area contributed by atoms with E-state index in [2.05, 4.69) is 50.3 Å².